The van der Waals surface area contributed by atoms with Crippen molar-refractivity contribution in [2.24, 2.45) is 0 Å². The number of aromatic amines is 1. The van der Waals surface area contributed by atoms with Gasteiger partial charge in [-0.3, -0.25) is 4.79 Å². The van der Waals surface area contributed by atoms with Crippen molar-refractivity contribution in [2.75, 3.05) is 14.2 Å². The Labute approximate surface area is 223 Å². The summed E-state index contributed by atoms with van der Waals surface area (Å²) < 4.78 is 74.3. The van der Waals surface area contributed by atoms with Crippen LogP contribution in [0.4, 0.5) is 13.2 Å². The van der Waals surface area contributed by atoms with Crippen molar-refractivity contribution in [1.29, 1.82) is 0 Å². The highest BCUT2D eigenvalue weighted by atomic mass is 32.2. The number of ether oxygens (including phenoxy) is 2. The molecule has 0 saturated heterocycles. The summed E-state index contributed by atoms with van der Waals surface area (Å²) in [5, 5.41) is 2.99. The summed E-state index contributed by atoms with van der Waals surface area (Å²) in [7, 11) is -2.63. The van der Waals surface area contributed by atoms with E-state index in [0.717, 1.165) is 50.5 Å². The van der Waals surface area contributed by atoms with Gasteiger partial charge in [0.2, 0.25) is 11.4 Å². The largest absolute Gasteiger partial charge is 0.534 e. The van der Waals surface area contributed by atoms with E-state index in [-0.39, 0.29) is 5.56 Å². The van der Waals surface area contributed by atoms with Crippen LogP contribution in [-0.4, -0.2) is 38.1 Å². The lowest BCUT2D eigenvalue weighted by atomic mass is 10.0. The fraction of sp³-hybridized carbons (Fsp3) is 0.333. The lowest BCUT2D eigenvalue weighted by molar-refractivity contribution is -0.0501. The minimum atomic E-state index is -5.76. The van der Waals surface area contributed by atoms with Crippen LogP contribution >= 0.6 is 0 Å². The van der Waals surface area contributed by atoms with Crippen LogP contribution in [-0.2, 0) is 10.1 Å². The monoisotopic (exact) mass is 566 g/mol. The SMILES string of the molecule is COc1c(C)c(C)cc2cc(=O)[nH]c(C)c12.COc1c(C)c(C)cc2cc(OS(=O)(=O)C(F)(F)F)nc(C)c12. The van der Waals surface area contributed by atoms with E-state index in [1.54, 1.807) is 26.2 Å². The van der Waals surface area contributed by atoms with Gasteiger partial charge in [0, 0.05) is 28.6 Å². The standard InChI is InChI=1S/C14H14F3NO4S.C13H15NO2/c1-7-5-10-6-11(22-23(19,20)14(15,16)17)18-9(3)12(10)13(21-4)8(7)2;1-7-5-10-6-11(15)14-9(3)12(10)13(16-4)8(7)2/h5-6H,1-4H3;5-6H,1-4H3,(H,14,15). The predicted octanol–water partition coefficient (Wildman–Crippen LogP) is 5.86. The minimum absolute atomic E-state index is 0.0738. The Hall–Kier alpha value is -3.80. The summed E-state index contributed by atoms with van der Waals surface area (Å²) in [4.78, 5) is 18.0. The van der Waals surface area contributed by atoms with E-state index in [1.165, 1.54) is 14.0 Å². The smallest absolute Gasteiger partial charge is 0.496 e. The molecule has 2 aromatic carbocycles. The van der Waals surface area contributed by atoms with Crippen molar-refractivity contribution < 1.29 is 35.2 Å². The van der Waals surface area contributed by atoms with E-state index >= 15 is 0 Å². The van der Waals surface area contributed by atoms with Gasteiger partial charge >= 0.3 is 15.6 Å². The number of methoxy groups -OCH3 is 2. The molecule has 4 rings (SSSR count). The molecule has 0 aliphatic rings. The van der Waals surface area contributed by atoms with Gasteiger partial charge in [-0.1, -0.05) is 12.1 Å². The van der Waals surface area contributed by atoms with Crippen LogP contribution in [0.5, 0.6) is 17.4 Å². The van der Waals surface area contributed by atoms with E-state index in [4.69, 9.17) is 9.47 Å². The van der Waals surface area contributed by atoms with Gasteiger partial charge in [-0.05, 0) is 74.6 Å². The summed E-state index contributed by atoms with van der Waals surface area (Å²) >= 11 is 0. The molecular weight excluding hydrogens is 537 g/mol. The van der Waals surface area contributed by atoms with Crippen LogP contribution in [0.1, 0.15) is 33.6 Å². The number of halogens is 3. The Morgan fingerprint density at radius 1 is 0.795 bits per heavy atom. The van der Waals surface area contributed by atoms with Gasteiger partial charge in [-0.2, -0.15) is 21.6 Å². The second-order valence-electron chi connectivity index (χ2n) is 9.05. The molecule has 0 aliphatic carbocycles. The second kappa shape index (κ2) is 10.8. The number of hydrogen-bond acceptors (Lipinski definition) is 7. The summed E-state index contributed by atoms with van der Waals surface area (Å²) in [6, 6.07) is 6.47. The zero-order valence-electron chi connectivity index (χ0n) is 22.7. The van der Waals surface area contributed by atoms with Gasteiger partial charge in [0.05, 0.1) is 19.9 Å². The molecule has 0 saturated carbocycles. The highest BCUT2D eigenvalue weighted by Gasteiger charge is 2.49. The van der Waals surface area contributed by atoms with Gasteiger partial charge in [-0.15, -0.1) is 0 Å². The van der Waals surface area contributed by atoms with Crippen LogP contribution in [0, 0.1) is 41.5 Å². The summed E-state index contributed by atoms with van der Waals surface area (Å²) in [6.45, 7) is 11.1. The molecule has 0 aliphatic heterocycles. The number of aryl methyl sites for hydroxylation is 4. The number of benzene rings is 2. The van der Waals surface area contributed by atoms with Gasteiger partial charge < -0.3 is 18.6 Å². The zero-order valence-corrected chi connectivity index (χ0v) is 23.6. The van der Waals surface area contributed by atoms with Crippen LogP contribution in [0.2, 0.25) is 0 Å². The lowest BCUT2D eigenvalue weighted by Crippen LogP contribution is -2.28. The van der Waals surface area contributed by atoms with E-state index in [1.807, 2.05) is 33.8 Å². The maximum atomic E-state index is 12.4. The first-order valence-corrected chi connectivity index (χ1v) is 13.1. The van der Waals surface area contributed by atoms with Gasteiger partial charge in [-0.25, -0.2) is 4.98 Å². The number of pyridine rings is 2. The zero-order chi connectivity index (χ0) is 29.4. The van der Waals surface area contributed by atoms with Crippen molar-refractivity contribution in [3.05, 3.63) is 68.3 Å². The topological polar surface area (TPSA) is 108 Å². The van der Waals surface area contributed by atoms with Crippen molar-refractivity contribution in [3.8, 4) is 17.4 Å². The highest BCUT2D eigenvalue weighted by molar-refractivity contribution is 7.87. The second-order valence-corrected chi connectivity index (χ2v) is 10.6. The molecule has 0 spiro atoms. The first-order chi connectivity index (χ1) is 18.0. The van der Waals surface area contributed by atoms with Crippen LogP contribution in [0.15, 0.2) is 29.1 Å². The fourth-order valence-corrected chi connectivity index (χ4v) is 4.74. The third kappa shape index (κ3) is 5.80. The Bertz CT molecular complexity index is 1750. The molecule has 0 amide bonds. The molecule has 12 heteroatoms. The molecule has 0 bridgehead atoms. The third-order valence-corrected chi connectivity index (χ3v) is 7.37. The number of nitrogens with zero attached hydrogens (tertiary/aromatic N) is 1. The number of aromatic nitrogens is 2. The summed E-state index contributed by atoms with van der Waals surface area (Å²) in [5.41, 5.74) is -0.489. The molecule has 8 nitrogen and oxygen atoms in total. The summed E-state index contributed by atoms with van der Waals surface area (Å²) in [6.07, 6.45) is 0. The first kappa shape index (κ1) is 29.8. The molecular formula is C27H29F3N2O6S. The number of fused-ring (bicyclic) bond motifs is 2. The molecule has 0 unspecified atom stereocenters. The van der Waals surface area contributed by atoms with E-state index < -0.39 is 21.5 Å². The van der Waals surface area contributed by atoms with Gasteiger partial charge in [0.15, 0.2) is 0 Å². The lowest BCUT2D eigenvalue weighted by Gasteiger charge is -2.15. The quantitative estimate of drug-likeness (QED) is 0.244. The third-order valence-electron chi connectivity index (χ3n) is 6.42. The van der Waals surface area contributed by atoms with Crippen molar-refractivity contribution in [1.82, 2.24) is 9.97 Å². The number of hydrogen-bond donors (Lipinski definition) is 1. The van der Waals surface area contributed by atoms with Crippen LogP contribution in [0.3, 0.4) is 0 Å². The Kier molecular flexibility index (Phi) is 8.21. The van der Waals surface area contributed by atoms with Gasteiger partial charge in [0.1, 0.15) is 11.5 Å². The van der Waals surface area contributed by atoms with Gasteiger partial charge in [0.25, 0.3) is 0 Å². The minimum Gasteiger partial charge on any atom is -0.496 e. The number of nitrogens with one attached hydrogen (secondary N) is 1. The molecule has 2 heterocycles. The normalized spacial score (nSPS) is 11.8. The molecule has 0 atom stereocenters. The van der Waals surface area contributed by atoms with E-state index in [0.29, 0.717) is 22.2 Å². The average Bonchev–Trinajstić information content (AvgIpc) is 2.81. The molecule has 0 radical (unpaired) electrons. The van der Waals surface area contributed by atoms with Crippen molar-refractivity contribution in [3.63, 3.8) is 0 Å². The molecule has 210 valence electrons. The van der Waals surface area contributed by atoms with Crippen LogP contribution < -0.4 is 19.2 Å². The predicted molar refractivity (Wildman–Crippen MR) is 143 cm³/mol. The maximum Gasteiger partial charge on any atom is 0.534 e. The van der Waals surface area contributed by atoms with E-state index in [2.05, 4.69) is 14.2 Å². The molecule has 4 aromatic rings. The maximum absolute atomic E-state index is 12.4. The Balaban J connectivity index is 0.000000230. The van der Waals surface area contributed by atoms with E-state index in [9.17, 15) is 26.4 Å². The molecule has 39 heavy (non-hydrogen) atoms. The Morgan fingerprint density at radius 2 is 1.28 bits per heavy atom. The fourth-order valence-electron chi connectivity index (χ4n) is 4.33. The summed E-state index contributed by atoms with van der Waals surface area (Å²) in [5.74, 6) is 0.747. The van der Waals surface area contributed by atoms with Crippen molar-refractivity contribution in [2.45, 2.75) is 47.1 Å². The molecule has 2 aromatic heterocycles. The van der Waals surface area contributed by atoms with Crippen LogP contribution in [0.25, 0.3) is 21.5 Å². The Morgan fingerprint density at radius 3 is 1.77 bits per heavy atom. The highest BCUT2D eigenvalue weighted by Crippen LogP contribution is 2.36. The molecule has 0 fully saturated rings. The molecule has 1 N–H and O–H groups in total. The number of H-pyrrole nitrogens is 1. The average molecular weight is 567 g/mol. The number of rotatable bonds is 4. The van der Waals surface area contributed by atoms with Crippen molar-refractivity contribution >= 4 is 31.7 Å². The number of alkyl halides is 3. The first-order valence-electron chi connectivity index (χ1n) is 11.7.